The zero-order valence-electron chi connectivity index (χ0n) is 19.7. The molecule has 1 saturated carbocycles. The molecule has 3 N–H and O–H groups in total. The van der Waals surface area contributed by atoms with Crippen LogP contribution in [0.3, 0.4) is 0 Å². The summed E-state index contributed by atoms with van der Waals surface area (Å²) >= 11 is 0. The topological polar surface area (TPSA) is 116 Å². The fourth-order valence-electron chi connectivity index (χ4n) is 5.84. The van der Waals surface area contributed by atoms with Crippen molar-refractivity contribution >= 4 is 18.0 Å². The number of hydrogen-bond donors (Lipinski definition) is 3. The van der Waals surface area contributed by atoms with Crippen LogP contribution in [-0.2, 0) is 14.3 Å². The van der Waals surface area contributed by atoms with Gasteiger partial charge in [-0.05, 0) is 42.0 Å². The van der Waals surface area contributed by atoms with Gasteiger partial charge in [0, 0.05) is 5.92 Å². The number of carboxylic acid groups (broad SMARTS) is 1. The maximum Gasteiger partial charge on any atom is 0.407 e. The van der Waals surface area contributed by atoms with Crippen LogP contribution in [0.25, 0.3) is 11.1 Å². The molecule has 35 heavy (non-hydrogen) atoms. The Kier molecular flexibility index (Phi) is 5.79. The van der Waals surface area contributed by atoms with Crippen molar-refractivity contribution in [1.82, 2.24) is 10.2 Å². The lowest BCUT2D eigenvalue weighted by Crippen LogP contribution is -2.70. The Labute approximate surface area is 203 Å². The molecule has 0 bridgehead atoms. The fourth-order valence-corrected chi connectivity index (χ4v) is 5.84. The van der Waals surface area contributed by atoms with E-state index in [-0.39, 0.29) is 31.5 Å². The summed E-state index contributed by atoms with van der Waals surface area (Å²) in [4.78, 5) is 38.7. The van der Waals surface area contributed by atoms with E-state index in [9.17, 15) is 19.5 Å². The van der Waals surface area contributed by atoms with Crippen molar-refractivity contribution in [1.29, 1.82) is 0 Å². The summed E-state index contributed by atoms with van der Waals surface area (Å²) in [5.74, 6) is -2.13. The van der Waals surface area contributed by atoms with Crippen LogP contribution in [0.1, 0.15) is 49.7 Å². The van der Waals surface area contributed by atoms with Gasteiger partial charge >= 0.3 is 12.1 Å². The predicted molar refractivity (Wildman–Crippen MR) is 128 cm³/mol. The number of rotatable bonds is 5. The number of hydrogen-bond acceptors (Lipinski definition) is 5. The van der Waals surface area contributed by atoms with Crippen LogP contribution < -0.4 is 5.32 Å². The van der Waals surface area contributed by atoms with Gasteiger partial charge in [-0.3, -0.25) is 4.79 Å². The number of benzene rings is 2. The first-order valence-corrected chi connectivity index (χ1v) is 12.1. The van der Waals surface area contributed by atoms with Crippen molar-refractivity contribution in [3.05, 3.63) is 59.7 Å². The molecule has 0 aromatic heterocycles. The average Bonchev–Trinajstić information content (AvgIpc) is 3.14. The molecule has 2 aromatic carbocycles. The Morgan fingerprint density at radius 3 is 2.23 bits per heavy atom. The third-order valence-electron chi connectivity index (χ3n) is 7.85. The second kappa shape index (κ2) is 8.68. The van der Waals surface area contributed by atoms with Gasteiger partial charge in [-0.1, -0.05) is 61.4 Å². The number of carboxylic acids is 1. The van der Waals surface area contributed by atoms with Gasteiger partial charge in [0.25, 0.3) is 0 Å². The second-order valence-electron chi connectivity index (χ2n) is 10.2. The molecule has 2 atom stereocenters. The largest absolute Gasteiger partial charge is 0.479 e. The number of carbonyl (C=O) groups is 3. The van der Waals surface area contributed by atoms with Gasteiger partial charge in [0.2, 0.25) is 5.91 Å². The first-order chi connectivity index (χ1) is 16.7. The van der Waals surface area contributed by atoms with E-state index in [2.05, 4.69) is 29.6 Å². The number of aliphatic hydroxyl groups is 1. The molecular formula is C27H30N2O6. The molecule has 1 saturated heterocycles. The minimum absolute atomic E-state index is 0.0560. The number of carbonyl (C=O) groups excluding carboxylic acids is 2. The van der Waals surface area contributed by atoms with Crippen molar-refractivity contribution in [2.45, 2.75) is 49.7 Å². The van der Waals surface area contributed by atoms with Crippen molar-refractivity contribution in [3.8, 4) is 11.1 Å². The lowest BCUT2D eigenvalue weighted by atomic mass is 9.72. The minimum atomic E-state index is -1.89. The van der Waals surface area contributed by atoms with Crippen LogP contribution in [0.15, 0.2) is 48.5 Å². The van der Waals surface area contributed by atoms with Gasteiger partial charge in [-0.15, -0.1) is 0 Å². The van der Waals surface area contributed by atoms with Crippen LogP contribution in [-0.4, -0.2) is 63.9 Å². The van der Waals surface area contributed by atoms with Gasteiger partial charge in [-0.25, -0.2) is 9.59 Å². The monoisotopic (exact) mass is 478 g/mol. The van der Waals surface area contributed by atoms with Crippen LogP contribution in [0.2, 0.25) is 0 Å². The summed E-state index contributed by atoms with van der Waals surface area (Å²) in [5, 5.41) is 22.1. The molecule has 2 unspecified atom stereocenters. The van der Waals surface area contributed by atoms with E-state index >= 15 is 0 Å². The molecule has 3 aliphatic rings. The number of β-amino-alcohol motifs (C(OH)–C–C–N with tert-alkyl or cyclic N) is 1. The normalized spacial score (nSPS) is 24.6. The lowest BCUT2D eigenvalue weighted by Gasteiger charge is -2.48. The molecule has 1 heterocycles. The number of alkyl carbamates (subject to hydrolysis) is 1. The summed E-state index contributed by atoms with van der Waals surface area (Å²) in [7, 11) is 0. The van der Waals surface area contributed by atoms with E-state index in [0.29, 0.717) is 12.8 Å². The third kappa shape index (κ3) is 4.05. The van der Waals surface area contributed by atoms with E-state index in [1.807, 2.05) is 31.2 Å². The van der Waals surface area contributed by atoms with Crippen LogP contribution >= 0.6 is 0 Å². The molecule has 2 amide bonds. The second-order valence-corrected chi connectivity index (χ2v) is 10.2. The van der Waals surface area contributed by atoms with E-state index in [0.717, 1.165) is 35.1 Å². The summed E-state index contributed by atoms with van der Waals surface area (Å²) in [6.07, 6.45) is 2.34. The van der Waals surface area contributed by atoms with E-state index < -0.39 is 29.1 Å². The minimum Gasteiger partial charge on any atom is -0.479 e. The Hall–Kier alpha value is -3.39. The van der Waals surface area contributed by atoms with Gasteiger partial charge in [0.15, 0.2) is 5.60 Å². The maximum atomic E-state index is 13.2. The molecule has 0 spiro atoms. The van der Waals surface area contributed by atoms with E-state index in [4.69, 9.17) is 9.84 Å². The van der Waals surface area contributed by atoms with E-state index in [1.165, 1.54) is 4.90 Å². The SMILES string of the molecule is CC1(NC(=O)OCC2c3ccccc3-c3ccccc32)CCCCC1C(=O)N1CC(O)(C(=O)O)C1. The number of nitrogens with one attached hydrogen (secondary N) is 1. The van der Waals surface area contributed by atoms with E-state index in [1.54, 1.807) is 0 Å². The predicted octanol–water partition coefficient (Wildman–Crippen LogP) is 3.13. The summed E-state index contributed by atoms with van der Waals surface area (Å²) in [5.41, 5.74) is 1.86. The molecule has 8 nitrogen and oxygen atoms in total. The highest BCUT2D eigenvalue weighted by Crippen LogP contribution is 2.44. The number of amides is 2. The summed E-state index contributed by atoms with van der Waals surface area (Å²) in [6.45, 7) is 1.56. The maximum absolute atomic E-state index is 13.2. The van der Waals surface area contributed by atoms with Gasteiger partial charge in [-0.2, -0.15) is 0 Å². The van der Waals surface area contributed by atoms with Crippen LogP contribution in [0.4, 0.5) is 4.79 Å². The number of fused-ring (bicyclic) bond motifs is 3. The van der Waals surface area contributed by atoms with Crippen molar-refractivity contribution < 1.29 is 29.3 Å². The van der Waals surface area contributed by atoms with Crippen molar-refractivity contribution in [2.75, 3.05) is 19.7 Å². The first-order valence-electron chi connectivity index (χ1n) is 12.1. The first kappa shape index (κ1) is 23.4. The molecule has 2 aromatic rings. The number of nitrogens with zero attached hydrogens (tertiary/aromatic N) is 1. The van der Waals surface area contributed by atoms with Crippen molar-refractivity contribution in [2.24, 2.45) is 5.92 Å². The molecule has 2 aliphatic carbocycles. The fraction of sp³-hybridized carbons (Fsp3) is 0.444. The van der Waals surface area contributed by atoms with Gasteiger partial charge in [0.05, 0.1) is 24.5 Å². The van der Waals surface area contributed by atoms with Crippen molar-refractivity contribution in [3.63, 3.8) is 0 Å². The zero-order valence-corrected chi connectivity index (χ0v) is 19.7. The Morgan fingerprint density at radius 2 is 1.63 bits per heavy atom. The smallest absolute Gasteiger partial charge is 0.407 e. The Balaban J connectivity index is 1.25. The highest BCUT2D eigenvalue weighted by molar-refractivity contribution is 5.87. The number of aliphatic carboxylic acids is 1. The Morgan fingerprint density at radius 1 is 1.03 bits per heavy atom. The molecule has 184 valence electrons. The molecule has 8 heteroatoms. The summed E-state index contributed by atoms with van der Waals surface area (Å²) < 4.78 is 5.71. The van der Waals surface area contributed by atoms with Crippen LogP contribution in [0, 0.1) is 5.92 Å². The van der Waals surface area contributed by atoms with Gasteiger partial charge < -0.3 is 25.2 Å². The average molecular weight is 479 g/mol. The number of ether oxygens (including phenoxy) is 1. The quantitative estimate of drug-likeness (QED) is 0.608. The standard InChI is InChI=1S/C27H30N2O6/c1-26(13-7-6-12-22(26)23(30)29-15-27(34,16-29)24(31)32)28-25(33)35-14-21-19-10-4-2-8-17(19)18-9-3-5-11-20(18)21/h2-5,8-11,21-22,34H,6-7,12-16H2,1H3,(H,28,33)(H,31,32). The Bertz CT molecular complexity index is 1130. The molecule has 5 rings (SSSR count). The zero-order chi connectivity index (χ0) is 24.8. The summed E-state index contributed by atoms with van der Waals surface area (Å²) in [6, 6.07) is 16.2. The highest BCUT2D eigenvalue weighted by Gasteiger charge is 2.53. The molecule has 1 aliphatic heterocycles. The molecule has 0 radical (unpaired) electrons. The molecular weight excluding hydrogens is 448 g/mol. The third-order valence-corrected chi connectivity index (χ3v) is 7.85. The highest BCUT2D eigenvalue weighted by atomic mass is 16.5. The van der Waals surface area contributed by atoms with Crippen LogP contribution in [0.5, 0.6) is 0 Å². The van der Waals surface area contributed by atoms with Gasteiger partial charge in [0.1, 0.15) is 6.61 Å². The lowest BCUT2D eigenvalue weighted by molar-refractivity contribution is -0.184. The number of likely N-dealkylation sites (tertiary alicyclic amines) is 1. The molecule has 2 fully saturated rings.